The number of phenolic OH excluding ortho intramolecular Hbond substituents is 1. The summed E-state index contributed by atoms with van der Waals surface area (Å²) in [5.74, 6) is -0.0750. The predicted octanol–water partition coefficient (Wildman–Crippen LogP) is -7.29. The van der Waals surface area contributed by atoms with Gasteiger partial charge in [-0.25, -0.2) is 0 Å². The molecule has 0 aromatic heterocycles. The molecule has 23 heteroatoms. The van der Waals surface area contributed by atoms with Crippen molar-refractivity contribution < 1.29 is 109 Å². The Kier molecular flexibility index (Phi) is 15.6. The Labute approximate surface area is 316 Å². The molecule has 4 aliphatic heterocycles. The molecule has 4 saturated heterocycles. The molecule has 0 spiro atoms. The van der Waals surface area contributed by atoms with Crippen molar-refractivity contribution >= 4 is 18.0 Å². The van der Waals surface area contributed by atoms with Gasteiger partial charge in [0, 0.05) is 5.75 Å². The molecule has 4 heterocycles. The van der Waals surface area contributed by atoms with Gasteiger partial charge in [-0.2, -0.15) is 0 Å². The molecule has 0 amide bonds. The van der Waals surface area contributed by atoms with Crippen LogP contribution in [0.15, 0.2) is 18.2 Å². The minimum Gasteiger partial charge on any atom is -0.507 e. The number of thioether (sulfide) groups is 1. The van der Waals surface area contributed by atoms with Crippen LogP contribution < -0.4 is 0 Å². The second-order valence-corrected chi connectivity index (χ2v) is 14.5. The number of rotatable bonds is 14. The van der Waals surface area contributed by atoms with Crippen LogP contribution in [0.2, 0.25) is 0 Å². The Bertz CT molecular complexity index is 1370. The van der Waals surface area contributed by atoms with E-state index in [0.29, 0.717) is 11.8 Å². The van der Waals surface area contributed by atoms with E-state index in [1.54, 1.807) is 0 Å². The van der Waals surface area contributed by atoms with Crippen LogP contribution in [-0.2, 0) is 38.9 Å². The molecule has 0 saturated carbocycles. The number of hydrogen-bond acceptors (Lipinski definition) is 23. The topological polar surface area (TPSA) is 365 Å². The number of hydrogen-bond donors (Lipinski definition) is 14. The molecule has 55 heavy (non-hydrogen) atoms. The second kappa shape index (κ2) is 19.3. The average molecular weight is 817 g/mol. The van der Waals surface area contributed by atoms with Crippen LogP contribution in [0.5, 0.6) is 5.75 Å². The van der Waals surface area contributed by atoms with E-state index < -0.39 is 148 Å². The molecular weight excluding hydrogens is 768 g/mol. The lowest BCUT2D eigenvalue weighted by atomic mass is 9.95. The maximum absolute atomic E-state index is 11.2. The zero-order valence-corrected chi connectivity index (χ0v) is 29.6. The van der Waals surface area contributed by atoms with Crippen molar-refractivity contribution in [3.63, 3.8) is 0 Å². The fourth-order valence-corrected chi connectivity index (χ4v) is 7.75. The van der Waals surface area contributed by atoms with Gasteiger partial charge in [-0.1, -0.05) is 6.07 Å². The van der Waals surface area contributed by atoms with E-state index in [0.717, 1.165) is 11.8 Å². The van der Waals surface area contributed by atoms with Crippen LogP contribution in [0.3, 0.4) is 0 Å². The molecule has 14 N–H and O–H groups in total. The van der Waals surface area contributed by atoms with Gasteiger partial charge in [0.15, 0.2) is 25.2 Å². The number of benzene rings is 1. The standard InChI is InChI=1S/C32H48O22S/c33-4-11-3-10(1-2-12(11)38)9-55-32-25(47)21(43)28(16(8-37)51-32)54-31-24(46)20(42)27(15(7-36)50-31)53-30-23(45)19(41)26(14(6-35)49-30)52-29-22(44)18(40)17(39)13(5-34)48-29/h1-4,13-32,34-47H,5-9H2/t13-,14-,15-,16-,17-,18+,19-,20-,21-,22-,23-,24-,25-,26-,27-,28-,29-,30-,31-,32+/m1/s1. The summed E-state index contributed by atoms with van der Waals surface area (Å²) in [7, 11) is 0. The fourth-order valence-electron chi connectivity index (χ4n) is 6.64. The van der Waals surface area contributed by atoms with Gasteiger partial charge >= 0.3 is 0 Å². The third-order valence-corrected chi connectivity index (χ3v) is 11.0. The summed E-state index contributed by atoms with van der Waals surface area (Å²) in [5, 5.41) is 146. The van der Waals surface area contributed by atoms with Crippen LogP contribution in [0.1, 0.15) is 15.9 Å². The van der Waals surface area contributed by atoms with Crippen molar-refractivity contribution in [2.24, 2.45) is 0 Å². The number of carbonyl (C=O) groups is 1. The zero-order valence-electron chi connectivity index (χ0n) is 28.8. The highest BCUT2D eigenvalue weighted by Gasteiger charge is 2.55. The van der Waals surface area contributed by atoms with E-state index in [-0.39, 0.29) is 17.1 Å². The summed E-state index contributed by atoms with van der Waals surface area (Å²) in [5.41, 5.74) is -0.523. The van der Waals surface area contributed by atoms with E-state index >= 15 is 0 Å². The number of carbonyl (C=O) groups excluding carboxylic acids is 1. The van der Waals surface area contributed by atoms with Gasteiger partial charge in [-0.3, -0.25) is 4.79 Å². The molecule has 0 bridgehead atoms. The molecule has 1 aromatic carbocycles. The van der Waals surface area contributed by atoms with Gasteiger partial charge < -0.3 is 105 Å². The van der Waals surface area contributed by atoms with E-state index in [2.05, 4.69) is 0 Å². The Morgan fingerprint density at radius 2 is 0.964 bits per heavy atom. The third kappa shape index (κ3) is 9.43. The Balaban J connectivity index is 1.21. The summed E-state index contributed by atoms with van der Waals surface area (Å²) in [6.45, 7) is -3.37. The normalized spacial score (nSPS) is 45.3. The molecule has 0 aliphatic carbocycles. The molecule has 4 aliphatic rings. The third-order valence-electron chi connectivity index (χ3n) is 9.82. The molecule has 5 rings (SSSR count). The van der Waals surface area contributed by atoms with E-state index in [1.165, 1.54) is 18.2 Å². The lowest BCUT2D eigenvalue weighted by Gasteiger charge is -2.49. The smallest absolute Gasteiger partial charge is 0.187 e. The largest absolute Gasteiger partial charge is 0.507 e. The van der Waals surface area contributed by atoms with E-state index in [9.17, 15) is 76.3 Å². The lowest BCUT2D eigenvalue weighted by molar-refractivity contribution is -0.384. The highest BCUT2D eigenvalue weighted by molar-refractivity contribution is 7.99. The summed E-state index contributed by atoms with van der Waals surface area (Å²) in [6.07, 6.45) is -32.7. The first-order valence-corrected chi connectivity index (χ1v) is 18.3. The first-order chi connectivity index (χ1) is 26.2. The van der Waals surface area contributed by atoms with Crippen molar-refractivity contribution in [3.05, 3.63) is 29.3 Å². The van der Waals surface area contributed by atoms with Crippen LogP contribution >= 0.6 is 11.8 Å². The number of aliphatic hydroxyl groups excluding tert-OH is 13. The zero-order chi connectivity index (χ0) is 40.3. The predicted molar refractivity (Wildman–Crippen MR) is 176 cm³/mol. The Morgan fingerprint density at radius 1 is 0.545 bits per heavy atom. The molecule has 1 aromatic rings. The lowest BCUT2D eigenvalue weighted by Crippen LogP contribution is -2.67. The van der Waals surface area contributed by atoms with Gasteiger partial charge in [0.1, 0.15) is 109 Å². The Morgan fingerprint density at radius 3 is 1.42 bits per heavy atom. The number of aromatic hydroxyl groups is 1. The summed E-state index contributed by atoms with van der Waals surface area (Å²) in [6, 6.07) is 4.27. The highest BCUT2D eigenvalue weighted by atomic mass is 32.2. The quantitative estimate of drug-likeness (QED) is 0.0776. The van der Waals surface area contributed by atoms with Crippen molar-refractivity contribution in [2.45, 2.75) is 128 Å². The average Bonchev–Trinajstić information content (AvgIpc) is 3.18. The van der Waals surface area contributed by atoms with Gasteiger partial charge in [0.25, 0.3) is 0 Å². The van der Waals surface area contributed by atoms with Crippen molar-refractivity contribution in [1.29, 1.82) is 0 Å². The Hall–Kier alpha value is -1.76. The van der Waals surface area contributed by atoms with Crippen molar-refractivity contribution in [1.82, 2.24) is 0 Å². The molecule has 4 fully saturated rings. The molecule has 22 nitrogen and oxygen atoms in total. The van der Waals surface area contributed by atoms with Gasteiger partial charge in [-0.05, 0) is 17.7 Å². The molecule has 314 valence electrons. The summed E-state index contributed by atoms with van der Waals surface area (Å²) < 4.78 is 39.1. The van der Waals surface area contributed by atoms with Crippen LogP contribution in [0, 0.1) is 0 Å². The molecular formula is C32H48O22S. The van der Waals surface area contributed by atoms with Crippen LogP contribution in [-0.4, -0.2) is 226 Å². The second-order valence-electron chi connectivity index (χ2n) is 13.4. The fraction of sp³-hybridized carbons (Fsp3) is 0.781. The highest BCUT2D eigenvalue weighted by Crippen LogP contribution is 2.36. The van der Waals surface area contributed by atoms with E-state index in [4.69, 9.17) is 33.2 Å². The van der Waals surface area contributed by atoms with Gasteiger partial charge in [0.05, 0.1) is 32.0 Å². The first-order valence-electron chi connectivity index (χ1n) is 17.2. The monoisotopic (exact) mass is 816 g/mol. The van der Waals surface area contributed by atoms with Crippen molar-refractivity contribution in [2.75, 3.05) is 26.4 Å². The number of aliphatic hydroxyl groups is 13. The van der Waals surface area contributed by atoms with Crippen LogP contribution in [0.25, 0.3) is 0 Å². The van der Waals surface area contributed by atoms with Crippen molar-refractivity contribution in [3.8, 4) is 5.75 Å². The SMILES string of the molecule is O=Cc1cc(CS[C@@H]2O[C@H](CO)[C@@H](O[C@H]3O[C@H](CO)[C@@H](O[C@H]4O[C@H](CO)[C@@H](O[C@H]5O[C@H](CO)[C@@H](O)[C@H](O)[C@H]5O)[C@H](O)[C@H]4O)[C@H](O)[C@H]3O)[C@H](O)[C@H]2O)ccc1O. The van der Waals surface area contributed by atoms with E-state index in [1.807, 2.05) is 0 Å². The first kappa shape index (κ1) is 44.3. The van der Waals surface area contributed by atoms with Gasteiger partial charge in [0.2, 0.25) is 0 Å². The van der Waals surface area contributed by atoms with Crippen LogP contribution in [0.4, 0.5) is 0 Å². The molecule has 0 radical (unpaired) electrons. The summed E-state index contributed by atoms with van der Waals surface area (Å²) >= 11 is 1.00. The number of aldehydes is 1. The number of ether oxygens (including phenoxy) is 7. The van der Waals surface area contributed by atoms with Gasteiger partial charge in [-0.15, -0.1) is 11.8 Å². The maximum atomic E-state index is 11.2. The maximum Gasteiger partial charge on any atom is 0.187 e. The molecule has 20 atom stereocenters. The summed E-state index contributed by atoms with van der Waals surface area (Å²) in [4.78, 5) is 11.2. The minimum absolute atomic E-state index is 0.0368. The number of phenols is 1. The minimum atomic E-state index is -2.04. The molecule has 0 unspecified atom stereocenters.